The molecule has 0 saturated carbocycles. The summed E-state index contributed by atoms with van der Waals surface area (Å²) < 4.78 is 16.3. The van der Waals surface area contributed by atoms with Crippen molar-refractivity contribution in [3.8, 4) is 11.5 Å². The van der Waals surface area contributed by atoms with Crippen molar-refractivity contribution in [2.24, 2.45) is 0 Å². The molecule has 0 bridgehead atoms. The van der Waals surface area contributed by atoms with Gasteiger partial charge in [-0.3, -0.25) is 4.79 Å². The fourth-order valence-corrected chi connectivity index (χ4v) is 4.85. The molecule has 1 aliphatic heterocycles. The maximum absolute atomic E-state index is 13.6. The van der Waals surface area contributed by atoms with E-state index >= 15 is 0 Å². The summed E-state index contributed by atoms with van der Waals surface area (Å²) in [5, 5.41) is -0.0626. The van der Waals surface area contributed by atoms with Gasteiger partial charge in [0.2, 0.25) is 0 Å². The van der Waals surface area contributed by atoms with Crippen LogP contribution in [0.15, 0.2) is 18.2 Å². The maximum atomic E-state index is 13.6. The molecule has 162 valence electrons. The van der Waals surface area contributed by atoms with Crippen molar-refractivity contribution in [1.82, 2.24) is 4.90 Å². The molecule has 1 saturated heterocycles. The second kappa shape index (κ2) is 12.0. The number of benzene rings is 1. The molecule has 0 spiro atoms. The highest BCUT2D eigenvalue weighted by Crippen LogP contribution is 2.38. The van der Waals surface area contributed by atoms with Crippen LogP contribution in [0.2, 0.25) is 0 Å². The zero-order chi connectivity index (χ0) is 21.2. The van der Waals surface area contributed by atoms with Crippen LogP contribution in [-0.2, 0) is 9.53 Å². The van der Waals surface area contributed by atoms with Crippen molar-refractivity contribution < 1.29 is 23.8 Å². The first-order chi connectivity index (χ1) is 14.1. The molecule has 29 heavy (non-hydrogen) atoms. The van der Waals surface area contributed by atoms with Gasteiger partial charge in [-0.2, -0.15) is 0 Å². The van der Waals surface area contributed by atoms with E-state index in [1.807, 2.05) is 6.92 Å². The van der Waals surface area contributed by atoms with Crippen LogP contribution < -0.4 is 9.47 Å². The van der Waals surface area contributed by atoms with Crippen LogP contribution in [0.3, 0.4) is 0 Å². The average molecular weight is 424 g/mol. The number of carbonyl (C=O) groups is 2. The largest absolute Gasteiger partial charge is 0.496 e. The number of carbonyl (C=O) groups excluding carboxylic acids is 2. The molecule has 0 aliphatic carbocycles. The van der Waals surface area contributed by atoms with Gasteiger partial charge in [-0.25, -0.2) is 4.79 Å². The predicted octanol–water partition coefficient (Wildman–Crippen LogP) is 4.51. The van der Waals surface area contributed by atoms with Crippen LogP contribution in [0, 0.1) is 0 Å². The molecule has 2 unspecified atom stereocenters. The molecule has 0 radical (unpaired) electrons. The first-order valence-electron chi connectivity index (χ1n) is 10.4. The normalized spacial score (nSPS) is 18.6. The number of esters is 1. The molecule has 0 N–H and O–H groups in total. The van der Waals surface area contributed by atoms with Gasteiger partial charge in [-0.15, -0.1) is 11.8 Å². The van der Waals surface area contributed by atoms with Crippen LogP contribution >= 0.6 is 11.8 Å². The molecular weight excluding hydrogens is 390 g/mol. The lowest BCUT2D eigenvalue weighted by Gasteiger charge is -2.29. The van der Waals surface area contributed by atoms with E-state index in [2.05, 4.69) is 6.92 Å². The number of amides is 1. The van der Waals surface area contributed by atoms with Gasteiger partial charge >= 0.3 is 5.97 Å². The quantitative estimate of drug-likeness (QED) is 0.385. The van der Waals surface area contributed by atoms with E-state index in [1.165, 1.54) is 14.2 Å². The molecule has 1 heterocycles. The number of hydrogen-bond acceptors (Lipinski definition) is 6. The Morgan fingerprint density at radius 1 is 1.07 bits per heavy atom. The first-order valence-corrected chi connectivity index (χ1v) is 11.5. The van der Waals surface area contributed by atoms with Gasteiger partial charge in [0.25, 0.3) is 5.91 Å². The van der Waals surface area contributed by atoms with E-state index in [0.29, 0.717) is 29.4 Å². The zero-order valence-corrected chi connectivity index (χ0v) is 18.8. The number of hydrogen-bond donors (Lipinski definition) is 0. The lowest BCUT2D eigenvalue weighted by atomic mass is 10.1. The monoisotopic (exact) mass is 423 g/mol. The second-order valence-electron chi connectivity index (χ2n) is 7.07. The van der Waals surface area contributed by atoms with Crippen LogP contribution in [0.4, 0.5) is 0 Å². The number of methoxy groups -OCH3 is 2. The van der Waals surface area contributed by atoms with E-state index in [9.17, 15) is 9.59 Å². The van der Waals surface area contributed by atoms with Gasteiger partial charge < -0.3 is 19.1 Å². The molecule has 2 atom stereocenters. The second-order valence-corrected chi connectivity index (χ2v) is 8.28. The summed E-state index contributed by atoms with van der Waals surface area (Å²) in [6.45, 7) is 4.59. The molecule has 1 amide bonds. The summed E-state index contributed by atoms with van der Waals surface area (Å²) in [6, 6.07) is 4.66. The number of unbranched alkanes of at least 4 members (excludes halogenated alkanes) is 3. The number of rotatable bonds is 11. The Bertz CT molecular complexity index is 659. The third-order valence-corrected chi connectivity index (χ3v) is 6.39. The van der Waals surface area contributed by atoms with E-state index in [4.69, 9.17) is 14.2 Å². The smallest absolute Gasteiger partial charge is 0.329 e. The molecular formula is C22H33NO5S. The minimum absolute atomic E-state index is 0.0626. The molecule has 1 fully saturated rings. The van der Waals surface area contributed by atoms with Crippen molar-refractivity contribution in [2.45, 2.75) is 63.8 Å². The lowest BCUT2D eigenvalue weighted by Crippen LogP contribution is -2.46. The summed E-state index contributed by atoms with van der Waals surface area (Å²) in [6.07, 6.45) is 5.84. The zero-order valence-electron chi connectivity index (χ0n) is 17.9. The van der Waals surface area contributed by atoms with Crippen molar-refractivity contribution >= 4 is 23.6 Å². The molecule has 1 aromatic carbocycles. The summed E-state index contributed by atoms with van der Waals surface area (Å²) in [7, 11) is 3.05. The Balaban J connectivity index is 2.32. The summed E-state index contributed by atoms with van der Waals surface area (Å²) in [5.41, 5.74) is 0.354. The van der Waals surface area contributed by atoms with Gasteiger partial charge in [0.15, 0.2) is 0 Å². The SMILES string of the molecule is CCCCCC1SCC(C(=O)OCCCC)N1C(=O)c1c(OC)cccc1OC. The van der Waals surface area contributed by atoms with Crippen molar-refractivity contribution in [3.05, 3.63) is 23.8 Å². The van der Waals surface area contributed by atoms with Gasteiger partial charge in [-0.1, -0.05) is 45.6 Å². The highest BCUT2D eigenvalue weighted by Gasteiger charge is 2.43. The Hall–Kier alpha value is -1.89. The van der Waals surface area contributed by atoms with Crippen LogP contribution in [-0.4, -0.2) is 54.8 Å². The van der Waals surface area contributed by atoms with E-state index < -0.39 is 6.04 Å². The van der Waals surface area contributed by atoms with Crippen LogP contribution in [0.25, 0.3) is 0 Å². The molecule has 7 heteroatoms. The Morgan fingerprint density at radius 3 is 2.31 bits per heavy atom. The Morgan fingerprint density at radius 2 is 1.72 bits per heavy atom. The summed E-state index contributed by atoms with van der Waals surface area (Å²) >= 11 is 1.65. The van der Waals surface area contributed by atoms with E-state index in [0.717, 1.165) is 38.5 Å². The minimum atomic E-state index is -0.592. The standard InChI is InChI=1S/C22H33NO5S/c1-5-7-9-13-19-23(16(15-29-19)22(25)28-14-8-6-2)21(24)20-17(26-3)11-10-12-18(20)27-4/h10-12,16,19H,5-9,13-15H2,1-4H3. The number of thioether (sulfide) groups is 1. The highest BCUT2D eigenvalue weighted by molar-refractivity contribution is 8.00. The topological polar surface area (TPSA) is 65.1 Å². The van der Waals surface area contributed by atoms with E-state index in [1.54, 1.807) is 34.9 Å². The molecule has 1 aromatic rings. The predicted molar refractivity (Wildman–Crippen MR) is 116 cm³/mol. The van der Waals surface area contributed by atoms with Crippen molar-refractivity contribution in [1.29, 1.82) is 0 Å². The average Bonchev–Trinajstić information content (AvgIpc) is 3.16. The molecule has 2 rings (SSSR count). The maximum Gasteiger partial charge on any atom is 0.329 e. The fraction of sp³-hybridized carbons (Fsp3) is 0.636. The molecule has 6 nitrogen and oxygen atoms in total. The van der Waals surface area contributed by atoms with Crippen molar-refractivity contribution in [3.63, 3.8) is 0 Å². The van der Waals surface area contributed by atoms with Gasteiger partial charge in [0.1, 0.15) is 23.1 Å². The number of nitrogens with zero attached hydrogens (tertiary/aromatic N) is 1. The lowest BCUT2D eigenvalue weighted by molar-refractivity contribution is -0.148. The Kier molecular flexibility index (Phi) is 9.64. The minimum Gasteiger partial charge on any atom is -0.496 e. The van der Waals surface area contributed by atoms with Crippen LogP contribution in [0.5, 0.6) is 11.5 Å². The number of ether oxygens (including phenoxy) is 3. The van der Waals surface area contributed by atoms with Gasteiger partial charge in [-0.05, 0) is 25.0 Å². The summed E-state index contributed by atoms with van der Waals surface area (Å²) in [4.78, 5) is 28.1. The summed E-state index contributed by atoms with van der Waals surface area (Å²) in [5.74, 6) is 0.855. The molecule has 1 aliphatic rings. The van der Waals surface area contributed by atoms with Gasteiger partial charge in [0, 0.05) is 5.75 Å². The third kappa shape index (κ3) is 5.81. The van der Waals surface area contributed by atoms with Gasteiger partial charge in [0.05, 0.1) is 26.2 Å². The molecule has 0 aromatic heterocycles. The van der Waals surface area contributed by atoms with E-state index in [-0.39, 0.29) is 17.3 Å². The van der Waals surface area contributed by atoms with Crippen LogP contribution in [0.1, 0.15) is 62.7 Å². The third-order valence-electron chi connectivity index (χ3n) is 5.04. The Labute approximate surface area is 178 Å². The van der Waals surface area contributed by atoms with Crippen molar-refractivity contribution in [2.75, 3.05) is 26.6 Å². The first kappa shape index (κ1) is 23.4. The fourth-order valence-electron chi connectivity index (χ4n) is 3.41. The highest BCUT2D eigenvalue weighted by atomic mass is 32.2.